The standard InChI is InChI=1S/C18H16N2O2S/c1-20(18-19-10-16(23-18)17(21)22)15-9-8-12(11-6-7-11)13-4-2-3-5-14(13)15/h2-5,8-11H,6-7H2,1H3,(H,21,22). The molecule has 0 radical (unpaired) electrons. The van der Waals surface area contributed by atoms with E-state index in [1.807, 2.05) is 18.0 Å². The highest BCUT2D eigenvalue weighted by Crippen LogP contribution is 2.45. The van der Waals surface area contributed by atoms with Crippen LogP contribution in [0.15, 0.2) is 42.6 Å². The van der Waals surface area contributed by atoms with E-state index in [9.17, 15) is 4.79 Å². The van der Waals surface area contributed by atoms with Crippen molar-refractivity contribution in [2.75, 3.05) is 11.9 Å². The van der Waals surface area contributed by atoms with Gasteiger partial charge in [-0.05, 0) is 35.8 Å². The summed E-state index contributed by atoms with van der Waals surface area (Å²) in [5.41, 5.74) is 2.47. The van der Waals surface area contributed by atoms with Crippen molar-refractivity contribution in [3.63, 3.8) is 0 Å². The van der Waals surface area contributed by atoms with Crippen molar-refractivity contribution in [3.8, 4) is 0 Å². The van der Waals surface area contributed by atoms with Gasteiger partial charge in [-0.25, -0.2) is 9.78 Å². The van der Waals surface area contributed by atoms with E-state index >= 15 is 0 Å². The first-order chi connectivity index (χ1) is 11.1. The van der Waals surface area contributed by atoms with Crippen molar-refractivity contribution in [3.05, 3.63) is 53.0 Å². The first-order valence-corrected chi connectivity index (χ1v) is 8.41. The Kier molecular flexibility index (Phi) is 3.31. The molecule has 0 bridgehead atoms. The number of fused-ring (bicyclic) bond motifs is 1. The van der Waals surface area contributed by atoms with Crippen molar-refractivity contribution >= 4 is 38.9 Å². The van der Waals surface area contributed by atoms with Gasteiger partial charge in [0.15, 0.2) is 5.13 Å². The molecule has 4 rings (SSSR count). The molecular formula is C18H16N2O2S. The Hall–Kier alpha value is -2.40. The summed E-state index contributed by atoms with van der Waals surface area (Å²) in [5.74, 6) is -0.242. The Morgan fingerprint density at radius 2 is 1.96 bits per heavy atom. The third-order valence-electron chi connectivity index (χ3n) is 4.30. The zero-order valence-electron chi connectivity index (χ0n) is 12.7. The summed E-state index contributed by atoms with van der Waals surface area (Å²) in [6, 6.07) is 12.7. The Morgan fingerprint density at radius 1 is 1.22 bits per heavy atom. The molecule has 1 aromatic heterocycles. The first kappa shape index (κ1) is 14.2. The summed E-state index contributed by atoms with van der Waals surface area (Å²) in [4.78, 5) is 17.5. The van der Waals surface area contributed by atoms with E-state index in [1.54, 1.807) is 0 Å². The highest BCUT2D eigenvalue weighted by Gasteiger charge is 2.26. The molecule has 1 saturated carbocycles. The normalized spacial score (nSPS) is 14.1. The van der Waals surface area contributed by atoms with Crippen LogP contribution in [0.1, 0.15) is 34.0 Å². The lowest BCUT2D eigenvalue weighted by atomic mass is 9.99. The lowest BCUT2D eigenvalue weighted by Gasteiger charge is -2.19. The fraction of sp³-hybridized carbons (Fsp3) is 0.222. The van der Waals surface area contributed by atoms with E-state index in [1.165, 1.54) is 46.7 Å². The average molecular weight is 324 g/mol. The number of aromatic carboxylic acids is 1. The van der Waals surface area contributed by atoms with Crippen LogP contribution in [0.25, 0.3) is 10.8 Å². The van der Waals surface area contributed by atoms with Gasteiger partial charge in [0.2, 0.25) is 0 Å². The highest BCUT2D eigenvalue weighted by atomic mass is 32.1. The maximum absolute atomic E-state index is 11.1. The fourth-order valence-electron chi connectivity index (χ4n) is 2.97. The number of carbonyl (C=O) groups is 1. The van der Waals surface area contributed by atoms with E-state index < -0.39 is 5.97 Å². The van der Waals surface area contributed by atoms with Crippen molar-refractivity contribution in [2.24, 2.45) is 0 Å². The van der Waals surface area contributed by atoms with Crippen LogP contribution in [0.5, 0.6) is 0 Å². The zero-order valence-corrected chi connectivity index (χ0v) is 13.5. The number of hydrogen-bond donors (Lipinski definition) is 1. The predicted octanol–water partition coefficient (Wildman–Crippen LogP) is 4.64. The molecule has 1 fully saturated rings. The smallest absolute Gasteiger partial charge is 0.347 e. The number of hydrogen-bond acceptors (Lipinski definition) is 4. The lowest BCUT2D eigenvalue weighted by molar-refractivity contribution is 0.0702. The number of aromatic nitrogens is 1. The molecule has 3 aromatic rings. The molecule has 5 heteroatoms. The number of carboxylic acid groups (broad SMARTS) is 1. The Balaban J connectivity index is 1.81. The van der Waals surface area contributed by atoms with E-state index in [-0.39, 0.29) is 4.88 Å². The minimum atomic E-state index is -0.934. The predicted molar refractivity (Wildman–Crippen MR) is 93.1 cm³/mol. The maximum atomic E-state index is 11.1. The van der Waals surface area contributed by atoms with E-state index in [0.29, 0.717) is 11.0 Å². The summed E-state index contributed by atoms with van der Waals surface area (Å²) in [7, 11) is 1.93. The van der Waals surface area contributed by atoms with Crippen molar-refractivity contribution in [2.45, 2.75) is 18.8 Å². The molecule has 116 valence electrons. The van der Waals surface area contributed by atoms with Crippen LogP contribution in [0.2, 0.25) is 0 Å². The summed E-state index contributed by atoms with van der Waals surface area (Å²) in [5, 5.41) is 12.2. The zero-order chi connectivity index (χ0) is 16.0. The van der Waals surface area contributed by atoms with Gasteiger partial charge in [-0.15, -0.1) is 0 Å². The number of carboxylic acids is 1. The maximum Gasteiger partial charge on any atom is 0.347 e. The van der Waals surface area contributed by atoms with E-state index in [4.69, 9.17) is 5.11 Å². The molecule has 23 heavy (non-hydrogen) atoms. The van der Waals surface area contributed by atoms with Crippen LogP contribution in [-0.2, 0) is 0 Å². The monoisotopic (exact) mass is 324 g/mol. The highest BCUT2D eigenvalue weighted by molar-refractivity contribution is 7.17. The van der Waals surface area contributed by atoms with Crippen LogP contribution in [0.4, 0.5) is 10.8 Å². The molecule has 0 atom stereocenters. The minimum Gasteiger partial charge on any atom is -0.477 e. The minimum absolute atomic E-state index is 0.255. The molecule has 1 heterocycles. The molecular weight excluding hydrogens is 308 g/mol. The second-order valence-corrected chi connectivity index (χ2v) is 6.87. The van der Waals surface area contributed by atoms with Gasteiger partial charge in [0.1, 0.15) is 4.88 Å². The molecule has 4 nitrogen and oxygen atoms in total. The van der Waals surface area contributed by atoms with Gasteiger partial charge >= 0.3 is 5.97 Å². The average Bonchev–Trinajstić information content (AvgIpc) is 3.28. The first-order valence-electron chi connectivity index (χ1n) is 7.59. The molecule has 1 N–H and O–H groups in total. The van der Waals surface area contributed by atoms with Gasteiger partial charge in [-0.3, -0.25) is 0 Å². The number of anilines is 2. The SMILES string of the molecule is CN(c1ncc(C(=O)O)s1)c1ccc(C2CC2)c2ccccc12. The number of thiazole rings is 1. The lowest BCUT2D eigenvalue weighted by Crippen LogP contribution is -2.09. The van der Waals surface area contributed by atoms with Crippen molar-refractivity contribution in [1.82, 2.24) is 4.98 Å². The Bertz CT molecular complexity index is 899. The molecule has 0 aliphatic heterocycles. The van der Waals surface area contributed by atoms with Crippen molar-refractivity contribution < 1.29 is 9.90 Å². The fourth-order valence-corrected chi connectivity index (χ4v) is 3.70. The molecule has 1 aliphatic rings. The van der Waals surface area contributed by atoms with Gasteiger partial charge in [-0.2, -0.15) is 0 Å². The number of nitrogens with zero attached hydrogens (tertiary/aromatic N) is 2. The van der Waals surface area contributed by atoms with Crippen molar-refractivity contribution in [1.29, 1.82) is 0 Å². The molecule has 0 unspecified atom stereocenters. The van der Waals surface area contributed by atoms with Gasteiger partial charge in [0.25, 0.3) is 0 Å². The molecule has 0 amide bonds. The molecule has 2 aromatic carbocycles. The molecule has 1 aliphatic carbocycles. The van der Waals surface area contributed by atoms with E-state index in [2.05, 4.69) is 35.3 Å². The van der Waals surface area contributed by atoms with Crippen LogP contribution < -0.4 is 4.90 Å². The molecule has 0 saturated heterocycles. The molecule has 0 spiro atoms. The van der Waals surface area contributed by atoms with Gasteiger partial charge < -0.3 is 10.0 Å². The third kappa shape index (κ3) is 2.47. The topological polar surface area (TPSA) is 53.4 Å². The van der Waals surface area contributed by atoms with Gasteiger partial charge in [0.05, 0.1) is 11.9 Å². The van der Waals surface area contributed by atoms with Gasteiger partial charge in [-0.1, -0.05) is 41.7 Å². The largest absolute Gasteiger partial charge is 0.477 e. The Labute approximate surface area is 138 Å². The Morgan fingerprint density at radius 3 is 2.61 bits per heavy atom. The third-order valence-corrected chi connectivity index (χ3v) is 5.37. The van der Waals surface area contributed by atoms with Crippen LogP contribution in [-0.4, -0.2) is 23.1 Å². The number of benzene rings is 2. The van der Waals surface area contributed by atoms with Crippen LogP contribution in [0, 0.1) is 0 Å². The van der Waals surface area contributed by atoms with Crippen LogP contribution >= 0.6 is 11.3 Å². The second kappa shape index (κ2) is 5.35. The second-order valence-electron chi connectivity index (χ2n) is 5.87. The van der Waals surface area contributed by atoms with E-state index in [0.717, 1.165) is 5.69 Å². The van der Waals surface area contributed by atoms with Crippen LogP contribution in [0.3, 0.4) is 0 Å². The summed E-state index contributed by atoms with van der Waals surface area (Å²) >= 11 is 1.19. The summed E-state index contributed by atoms with van der Waals surface area (Å²) < 4.78 is 0. The number of rotatable bonds is 4. The summed E-state index contributed by atoms with van der Waals surface area (Å²) in [6.07, 6.45) is 3.96. The quantitative estimate of drug-likeness (QED) is 0.759. The van der Waals surface area contributed by atoms with Gasteiger partial charge in [0, 0.05) is 12.4 Å². The summed E-state index contributed by atoms with van der Waals surface area (Å²) in [6.45, 7) is 0.